The molecule has 4 nitrogen and oxygen atoms in total. The fourth-order valence-electron chi connectivity index (χ4n) is 5.18. The third kappa shape index (κ3) is 3.32. The lowest BCUT2D eigenvalue weighted by Crippen LogP contribution is -2.59. The first-order valence-electron chi connectivity index (χ1n) is 9.31. The second kappa shape index (κ2) is 7.26. The number of rotatable bonds is 5. The van der Waals surface area contributed by atoms with Crippen molar-refractivity contribution >= 4 is 18.3 Å². The van der Waals surface area contributed by atoms with Gasteiger partial charge in [-0.05, 0) is 49.3 Å². The summed E-state index contributed by atoms with van der Waals surface area (Å²) in [5.74, 6) is 1.56. The number of likely N-dealkylation sites (tertiary alicyclic amines) is 1. The zero-order valence-corrected chi connectivity index (χ0v) is 15.8. The molecule has 2 aliphatic carbocycles. The minimum absolute atomic E-state index is 0. The number of carbonyl (C=O) groups excluding carboxylic acids is 1. The van der Waals surface area contributed by atoms with Gasteiger partial charge in [-0.1, -0.05) is 18.6 Å². The first-order chi connectivity index (χ1) is 11.6. The Labute approximate surface area is 156 Å². The van der Waals surface area contributed by atoms with Crippen LogP contribution in [0.2, 0.25) is 0 Å². The minimum Gasteiger partial charge on any atom is -0.373 e. The van der Waals surface area contributed by atoms with Crippen molar-refractivity contribution in [1.29, 1.82) is 0 Å². The molecule has 0 spiro atoms. The maximum atomic E-state index is 11.6. The number of nitrogens with two attached hydrogens (primary N) is 1. The van der Waals surface area contributed by atoms with Gasteiger partial charge in [-0.3, -0.25) is 4.79 Å². The molecular formula is C20H29ClN2O2. The van der Waals surface area contributed by atoms with E-state index in [0.717, 1.165) is 24.6 Å². The molecule has 1 amide bonds. The van der Waals surface area contributed by atoms with Gasteiger partial charge in [-0.2, -0.15) is 0 Å². The Hall–Kier alpha value is -1.10. The predicted octanol–water partition coefficient (Wildman–Crippen LogP) is 3.19. The molecule has 0 aromatic heterocycles. The number of methoxy groups -OCH3 is 1. The highest BCUT2D eigenvalue weighted by molar-refractivity contribution is 5.92. The summed E-state index contributed by atoms with van der Waals surface area (Å²) in [6.45, 7) is 3.48. The van der Waals surface area contributed by atoms with Crippen LogP contribution < -0.4 is 5.73 Å². The van der Waals surface area contributed by atoms with Gasteiger partial charge < -0.3 is 15.4 Å². The van der Waals surface area contributed by atoms with Crippen LogP contribution >= 0.6 is 12.4 Å². The van der Waals surface area contributed by atoms with Crippen LogP contribution in [0.25, 0.3) is 0 Å². The normalized spacial score (nSPS) is 32.0. The molecule has 1 aromatic carbocycles. The topological polar surface area (TPSA) is 55.6 Å². The summed E-state index contributed by atoms with van der Waals surface area (Å²) in [7, 11) is 1.85. The lowest BCUT2D eigenvalue weighted by atomic mass is 9.62. The first-order valence-corrected chi connectivity index (χ1v) is 9.31. The number of nitrogens with zero attached hydrogens (tertiary/aromatic N) is 1. The molecule has 138 valence electrons. The Morgan fingerprint density at radius 2 is 1.92 bits per heavy atom. The summed E-state index contributed by atoms with van der Waals surface area (Å²) in [4.78, 5) is 14.3. The van der Waals surface area contributed by atoms with E-state index >= 15 is 0 Å². The van der Waals surface area contributed by atoms with Crippen LogP contribution in [0.3, 0.4) is 0 Å². The van der Waals surface area contributed by atoms with Gasteiger partial charge in [-0.15, -0.1) is 12.4 Å². The summed E-state index contributed by atoms with van der Waals surface area (Å²) in [6.07, 6.45) is 6.50. The van der Waals surface area contributed by atoms with Crippen LogP contribution in [0.15, 0.2) is 24.3 Å². The van der Waals surface area contributed by atoms with Crippen LogP contribution in [0.1, 0.15) is 48.0 Å². The van der Waals surface area contributed by atoms with E-state index in [-0.39, 0.29) is 23.9 Å². The third-order valence-corrected chi connectivity index (χ3v) is 6.42. The lowest BCUT2D eigenvalue weighted by molar-refractivity contribution is -0.169. The molecule has 2 bridgehead atoms. The van der Waals surface area contributed by atoms with Gasteiger partial charge in [0.25, 0.3) is 0 Å². The fourth-order valence-corrected chi connectivity index (χ4v) is 5.18. The number of primary amides is 1. The van der Waals surface area contributed by atoms with Crippen molar-refractivity contribution in [3.63, 3.8) is 0 Å². The van der Waals surface area contributed by atoms with Gasteiger partial charge >= 0.3 is 0 Å². The number of halogens is 1. The molecule has 1 aromatic rings. The molecule has 2 N–H and O–H groups in total. The van der Waals surface area contributed by atoms with Gasteiger partial charge in [0, 0.05) is 44.1 Å². The number of fused-ring (bicyclic) bond motifs is 2. The average Bonchev–Trinajstić information content (AvgIpc) is 3.38. The number of ether oxygens (including phenoxy) is 1. The van der Waals surface area contributed by atoms with Crippen LogP contribution in [0, 0.1) is 17.8 Å². The third-order valence-electron chi connectivity index (χ3n) is 6.42. The zero-order valence-electron chi connectivity index (χ0n) is 14.9. The number of carbonyl (C=O) groups is 1. The van der Waals surface area contributed by atoms with Crippen molar-refractivity contribution in [2.24, 2.45) is 23.5 Å². The quantitative estimate of drug-likeness (QED) is 0.872. The van der Waals surface area contributed by atoms with Crippen LogP contribution in [-0.2, 0) is 10.3 Å². The lowest BCUT2D eigenvalue weighted by Gasteiger charge is -2.55. The van der Waals surface area contributed by atoms with E-state index in [1.54, 1.807) is 6.07 Å². The van der Waals surface area contributed by atoms with Gasteiger partial charge in [0.2, 0.25) is 5.91 Å². The molecule has 2 saturated carbocycles. The van der Waals surface area contributed by atoms with Gasteiger partial charge in [0.1, 0.15) is 5.60 Å². The van der Waals surface area contributed by atoms with E-state index in [1.165, 1.54) is 38.6 Å². The van der Waals surface area contributed by atoms with Crippen molar-refractivity contribution in [3.05, 3.63) is 35.4 Å². The molecule has 3 aliphatic rings. The van der Waals surface area contributed by atoms with Gasteiger partial charge in [0.15, 0.2) is 0 Å². The standard InChI is InChI=1S/C20H28N2O2.ClH/c1-24-20(16-5-2-4-15(10-16)19(21)23)17-6-3-7-18(20)13-22(12-17)11-14-8-9-14;/h2,4-5,10,14,17-18H,3,6-9,11-13H2,1H3,(H2,21,23);1H/t17-,18+,20?;. The van der Waals surface area contributed by atoms with Gasteiger partial charge in [-0.25, -0.2) is 0 Å². The number of piperidine rings is 1. The number of hydrogen-bond acceptors (Lipinski definition) is 3. The van der Waals surface area contributed by atoms with E-state index in [0.29, 0.717) is 17.4 Å². The van der Waals surface area contributed by atoms with Crippen molar-refractivity contribution in [1.82, 2.24) is 4.90 Å². The second-order valence-corrected chi connectivity index (χ2v) is 7.93. The molecular weight excluding hydrogens is 336 g/mol. The van der Waals surface area contributed by atoms with Crippen molar-refractivity contribution in [2.45, 2.75) is 37.7 Å². The summed E-state index contributed by atoms with van der Waals surface area (Å²) in [5, 5.41) is 0. The molecule has 3 atom stereocenters. The molecule has 1 saturated heterocycles. The zero-order chi connectivity index (χ0) is 16.7. The molecule has 4 rings (SSSR count). The summed E-state index contributed by atoms with van der Waals surface area (Å²) in [6, 6.07) is 7.83. The number of hydrogen-bond donors (Lipinski definition) is 1. The SMILES string of the molecule is COC1(c2cccc(C(N)=O)c2)[C@@H]2CCC[C@H]1CN(CC1CC1)C2.Cl. The number of amides is 1. The Balaban J connectivity index is 0.00000182. The Morgan fingerprint density at radius 3 is 2.48 bits per heavy atom. The average molecular weight is 365 g/mol. The monoisotopic (exact) mass is 364 g/mol. The number of benzene rings is 1. The maximum Gasteiger partial charge on any atom is 0.248 e. The highest BCUT2D eigenvalue weighted by atomic mass is 35.5. The first kappa shape index (κ1) is 18.7. The Kier molecular flexibility index (Phi) is 5.42. The molecule has 3 fully saturated rings. The second-order valence-electron chi connectivity index (χ2n) is 7.93. The van der Waals surface area contributed by atoms with E-state index in [9.17, 15) is 4.79 Å². The van der Waals surface area contributed by atoms with Crippen molar-refractivity contribution < 1.29 is 9.53 Å². The predicted molar refractivity (Wildman–Crippen MR) is 101 cm³/mol. The van der Waals surface area contributed by atoms with E-state index in [4.69, 9.17) is 10.5 Å². The molecule has 1 unspecified atom stereocenters. The highest BCUT2D eigenvalue weighted by Gasteiger charge is 2.53. The minimum atomic E-state index is -0.362. The van der Waals surface area contributed by atoms with E-state index in [2.05, 4.69) is 11.0 Å². The summed E-state index contributed by atoms with van der Waals surface area (Å²) in [5.41, 5.74) is 6.97. The van der Waals surface area contributed by atoms with Crippen molar-refractivity contribution in [3.8, 4) is 0 Å². The Bertz CT molecular complexity index is 618. The molecule has 25 heavy (non-hydrogen) atoms. The Morgan fingerprint density at radius 1 is 1.24 bits per heavy atom. The molecule has 5 heteroatoms. The van der Waals surface area contributed by atoms with Crippen molar-refractivity contribution in [2.75, 3.05) is 26.7 Å². The largest absolute Gasteiger partial charge is 0.373 e. The molecule has 1 aliphatic heterocycles. The highest BCUT2D eigenvalue weighted by Crippen LogP contribution is 2.52. The van der Waals surface area contributed by atoms with Gasteiger partial charge in [0.05, 0.1) is 0 Å². The van der Waals surface area contributed by atoms with Crippen LogP contribution in [0.5, 0.6) is 0 Å². The van der Waals surface area contributed by atoms with E-state index < -0.39 is 0 Å². The molecule has 1 heterocycles. The van der Waals surface area contributed by atoms with Crippen LogP contribution in [-0.4, -0.2) is 37.6 Å². The smallest absolute Gasteiger partial charge is 0.248 e. The summed E-state index contributed by atoms with van der Waals surface area (Å²) < 4.78 is 6.26. The molecule has 0 radical (unpaired) electrons. The fraction of sp³-hybridized carbons (Fsp3) is 0.650. The van der Waals surface area contributed by atoms with Crippen LogP contribution in [0.4, 0.5) is 0 Å². The van der Waals surface area contributed by atoms with E-state index in [1.807, 2.05) is 19.2 Å². The summed E-state index contributed by atoms with van der Waals surface area (Å²) >= 11 is 0. The maximum absolute atomic E-state index is 11.6.